The molecular weight excluding hydrogens is 160 g/mol. The first-order chi connectivity index (χ1) is 6.24. The van der Waals surface area contributed by atoms with E-state index in [4.69, 9.17) is 0 Å². The van der Waals surface area contributed by atoms with Crippen molar-refractivity contribution in [3.8, 4) is 0 Å². The van der Waals surface area contributed by atoms with Crippen molar-refractivity contribution >= 4 is 0 Å². The van der Waals surface area contributed by atoms with Crippen LogP contribution < -0.4 is 0 Å². The van der Waals surface area contributed by atoms with Crippen molar-refractivity contribution in [2.75, 3.05) is 0 Å². The van der Waals surface area contributed by atoms with Crippen molar-refractivity contribution in [3.05, 3.63) is 23.5 Å². The molecule has 1 aromatic rings. The van der Waals surface area contributed by atoms with Gasteiger partial charge in [-0.1, -0.05) is 34.6 Å². The van der Waals surface area contributed by atoms with E-state index in [0.29, 0.717) is 5.92 Å². The highest BCUT2D eigenvalue weighted by molar-refractivity contribution is 5.09. The molecule has 0 bridgehead atoms. The molecule has 1 heterocycles. The lowest BCUT2D eigenvalue weighted by Gasteiger charge is -2.02. The summed E-state index contributed by atoms with van der Waals surface area (Å²) in [6.07, 6.45) is 0.964. The predicted molar refractivity (Wildman–Crippen MR) is 56.8 cm³/mol. The standard InChI is InChI=1S/C9H14N2.C2H6/c1-4-8-5-6-9(7(2)3)11-10-8;1-2/h5-7H,4H2,1-3H3;1-2H3. The molecule has 0 saturated carbocycles. The molecule has 0 unspecified atom stereocenters. The third-order valence-electron chi connectivity index (χ3n) is 1.69. The maximum absolute atomic E-state index is 4.10. The Kier molecular flexibility index (Phi) is 6.11. The van der Waals surface area contributed by atoms with Gasteiger partial charge in [-0.25, -0.2) is 0 Å². The maximum Gasteiger partial charge on any atom is 0.0656 e. The number of nitrogens with zero attached hydrogens (tertiary/aromatic N) is 2. The minimum atomic E-state index is 0.480. The Morgan fingerprint density at radius 2 is 1.77 bits per heavy atom. The number of aromatic nitrogens is 2. The number of aryl methyl sites for hydroxylation is 1. The summed E-state index contributed by atoms with van der Waals surface area (Å²) >= 11 is 0. The van der Waals surface area contributed by atoms with Gasteiger partial charge in [0.25, 0.3) is 0 Å². The van der Waals surface area contributed by atoms with Gasteiger partial charge in [0.15, 0.2) is 0 Å². The van der Waals surface area contributed by atoms with Crippen LogP contribution in [0.2, 0.25) is 0 Å². The molecule has 0 aliphatic carbocycles. The summed E-state index contributed by atoms with van der Waals surface area (Å²) in [4.78, 5) is 0. The molecule has 0 spiro atoms. The second-order valence-electron chi connectivity index (χ2n) is 2.96. The van der Waals surface area contributed by atoms with Crippen LogP contribution in [0.4, 0.5) is 0 Å². The van der Waals surface area contributed by atoms with E-state index in [1.807, 2.05) is 19.9 Å². The largest absolute Gasteiger partial charge is 0.155 e. The van der Waals surface area contributed by atoms with Crippen LogP contribution in [0.3, 0.4) is 0 Å². The normalized spacial score (nSPS) is 9.38. The number of rotatable bonds is 2. The molecule has 0 aliphatic rings. The third kappa shape index (κ3) is 4.02. The monoisotopic (exact) mass is 180 g/mol. The van der Waals surface area contributed by atoms with Crippen molar-refractivity contribution in [1.29, 1.82) is 0 Å². The Hall–Kier alpha value is -0.920. The summed E-state index contributed by atoms with van der Waals surface area (Å²) in [5.41, 5.74) is 2.14. The van der Waals surface area contributed by atoms with Gasteiger partial charge < -0.3 is 0 Å². The van der Waals surface area contributed by atoms with E-state index in [2.05, 4.69) is 37.0 Å². The van der Waals surface area contributed by atoms with Crippen LogP contribution in [-0.4, -0.2) is 10.2 Å². The highest BCUT2D eigenvalue weighted by Gasteiger charge is 1.99. The number of hydrogen-bond acceptors (Lipinski definition) is 2. The first-order valence-corrected chi connectivity index (χ1v) is 5.06. The average molecular weight is 180 g/mol. The van der Waals surface area contributed by atoms with Crippen LogP contribution >= 0.6 is 0 Å². The zero-order valence-corrected chi connectivity index (χ0v) is 9.33. The van der Waals surface area contributed by atoms with E-state index in [0.717, 1.165) is 17.8 Å². The van der Waals surface area contributed by atoms with E-state index in [9.17, 15) is 0 Å². The summed E-state index contributed by atoms with van der Waals surface area (Å²) in [6.45, 7) is 10.3. The molecule has 0 aromatic carbocycles. The lowest BCUT2D eigenvalue weighted by atomic mass is 10.1. The summed E-state index contributed by atoms with van der Waals surface area (Å²) in [7, 11) is 0. The van der Waals surface area contributed by atoms with E-state index in [1.165, 1.54) is 0 Å². The molecule has 0 atom stereocenters. The quantitative estimate of drug-likeness (QED) is 0.698. The smallest absolute Gasteiger partial charge is 0.0656 e. The minimum absolute atomic E-state index is 0.480. The van der Waals surface area contributed by atoms with Crippen molar-refractivity contribution in [3.63, 3.8) is 0 Å². The van der Waals surface area contributed by atoms with E-state index in [1.54, 1.807) is 0 Å². The van der Waals surface area contributed by atoms with Crippen molar-refractivity contribution in [1.82, 2.24) is 10.2 Å². The Bertz CT molecular complexity index is 214. The molecule has 0 radical (unpaired) electrons. The first kappa shape index (κ1) is 12.1. The molecule has 0 saturated heterocycles. The molecule has 0 aliphatic heterocycles. The molecule has 0 N–H and O–H groups in total. The summed E-state index contributed by atoms with van der Waals surface area (Å²) in [5, 5.41) is 8.17. The van der Waals surface area contributed by atoms with Gasteiger partial charge in [-0.2, -0.15) is 10.2 Å². The van der Waals surface area contributed by atoms with Crippen molar-refractivity contribution in [2.45, 2.75) is 47.0 Å². The van der Waals surface area contributed by atoms with Gasteiger partial charge in [-0.3, -0.25) is 0 Å². The Morgan fingerprint density at radius 3 is 2.08 bits per heavy atom. The highest BCUT2D eigenvalue weighted by Crippen LogP contribution is 2.09. The first-order valence-electron chi connectivity index (χ1n) is 5.06. The lowest BCUT2D eigenvalue weighted by Crippen LogP contribution is -1.97. The van der Waals surface area contributed by atoms with Crippen LogP contribution in [0.15, 0.2) is 12.1 Å². The average Bonchev–Trinajstić information content (AvgIpc) is 2.21. The Balaban J connectivity index is 0.000000671. The maximum atomic E-state index is 4.10. The summed E-state index contributed by atoms with van der Waals surface area (Å²) in [5.74, 6) is 0.480. The fourth-order valence-electron chi connectivity index (χ4n) is 0.867. The Labute approximate surface area is 81.4 Å². The van der Waals surface area contributed by atoms with Gasteiger partial charge in [0.2, 0.25) is 0 Å². The van der Waals surface area contributed by atoms with Crippen LogP contribution in [0.5, 0.6) is 0 Å². The molecule has 2 heteroatoms. The molecule has 1 rings (SSSR count). The molecule has 0 fully saturated rings. The van der Waals surface area contributed by atoms with Gasteiger partial charge in [-0.15, -0.1) is 0 Å². The van der Waals surface area contributed by atoms with Gasteiger partial charge >= 0.3 is 0 Å². The van der Waals surface area contributed by atoms with Crippen molar-refractivity contribution < 1.29 is 0 Å². The van der Waals surface area contributed by atoms with E-state index in [-0.39, 0.29) is 0 Å². The fraction of sp³-hybridized carbons (Fsp3) is 0.636. The molecule has 13 heavy (non-hydrogen) atoms. The predicted octanol–water partition coefficient (Wildman–Crippen LogP) is 3.19. The molecule has 1 aromatic heterocycles. The zero-order chi connectivity index (χ0) is 10.3. The van der Waals surface area contributed by atoms with Gasteiger partial charge in [0.1, 0.15) is 0 Å². The van der Waals surface area contributed by atoms with Crippen molar-refractivity contribution in [2.24, 2.45) is 0 Å². The second-order valence-corrected chi connectivity index (χ2v) is 2.96. The topological polar surface area (TPSA) is 25.8 Å². The molecule has 0 amide bonds. The zero-order valence-electron chi connectivity index (χ0n) is 9.33. The molecule has 2 nitrogen and oxygen atoms in total. The second kappa shape index (κ2) is 6.58. The van der Waals surface area contributed by atoms with E-state index >= 15 is 0 Å². The van der Waals surface area contributed by atoms with Crippen LogP contribution in [0, 0.1) is 0 Å². The summed E-state index contributed by atoms with van der Waals surface area (Å²) in [6, 6.07) is 4.10. The van der Waals surface area contributed by atoms with Crippen LogP contribution in [0.25, 0.3) is 0 Å². The summed E-state index contributed by atoms with van der Waals surface area (Å²) < 4.78 is 0. The van der Waals surface area contributed by atoms with Crippen LogP contribution in [0.1, 0.15) is 51.9 Å². The highest BCUT2D eigenvalue weighted by atomic mass is 15.1. The van der Waals surface area contributed by atoms with Crippen LogP contribution in [-0.2, 0) is 6.42 Å². The third-order valence-corrected chi connectivity index (χ3v) is 1.69. The van der Waals surface area contributed by atoms with E-state index < -0.39 is 0 Å². The fourth-order valence-corrected chi connectivity index (χ4v) is 0.867. The minimum Gasteiger partial charge on any atom is -0.155 e. The molecule has 74 valence electrons. The number of hydrogen-bond donors (Lipinski definition) is 0. The lowest BCUT2D eigenvalue weighted by molar-refractivity contribution is 0.768. The van der Waals surface area contributed by atoms with Gasteiger partial charge in [0, 0.05) is 0 Å². The van der Waals surface area contributed by atoms with Gasteiger partial charge in [-0.05, 0) is 24.5 Å². The Morgan fingerprint density at radius 1 is 1.15 bits per heavy atom. The molecular formula is C11H20N2. The SMILES string of the molecule is CC.CCc1ccc(C(C)C)nn1. The van der Waals surface area contributed by atoms with Gasteiger partial charge in [0.05, 0.1) is 11.4 Å².